The lowest BCUT2D eigenvalue weighted by atomic mass is 9.89. The van der Waals surface area contributed by atoms with Crippen LogP contribution in [0.1, 0.15) is 59.8 Å². The van der Waals surface area contributed by atoms with Crippen molar-refractivity contribution in [3.63, 3.8) is 0 Å². The van der Waals surface area contributed by atoms with Crippen LogP contribution in [0.15, 0.2) is 39.8 Å². The predicted molar refractivity (Wildman–Crippen MR) is 141 cm³/mol. The average molecular weight is 499 g/mol. The van der Waals surface area contributed by atoms with Gasteiger partial charge in [-0.2, -0.15) is 4.57 Å². The van der Waals surface area contributed by atoms with Gasteiger partial charge < -0.3 is 19.6 Å². The lowest BCUT2D eigenvalue weighted by Crippen LogP contribution is -2.42. The molecule has 1 amide bonds. The van der Waals surface area contributed by atoms with Gasteiger partial charge in [0.05, 0.1) is 11.2 Å². The minimum Gasteiger partial charge on any atom is -0.383 e. The molecule has 0 saturated heterocycles. The SMILES string of the molecule is CCN(c1cc(Cl)cc(C(=O)NCc2c(C)n3occc3cc2=O)c1C)C1CCC(N(C)C)CC1. The van der Waals surface area contributed by atoms with E-state index in [1.165, 1.54) is 12.3 Å². The summed E-state index contributed by atoms with van der Waals surface area (Å²) in [6.45, 7) is 6.90. The molecule has 2 aromatic heterocycles. The van der Waals surface area contributed by atoms with Gasteiger partial charge in [0, 0.05) is 59.1 Å². The molecule has 1 aliphatic rings. The van der Waals surface area contributed by atoms with E-state index in [4.69, 9.17) is 16.1 Å². The number of rotatable bonds is 7. The summed E-state index contributed by atoms with van der Waals surface area (Å²) in [6, 6.07) is 7.98. The molecule has 0 radical (unpaired) electrons. The van der Waals surface area contributed by atoms with Crippen molar-refractivity contribution >= 4 is 28.7 Å². The lowest BCUT2D eigenvalue weighted by molar-refractivity contribution is 0.0950. The number of nitrogens with zero attached hydrogens (tertiary/aromatic N) is 3. The molecular formula is C27H35ClN4O3. The Kier molecular flexibility index (Phi) is 7.57. The Morgan fingerprint density at radius 3 is 2.49 bits per heavy atom. The summed E-state index contributed by atoms with van der Waals surface area (Å²) in [5.74, 6) is -0.248. The monoisotopic (exact) mass is 498 g/mol. The fourth-order valence-corrected chi connectivity index (χ4v) is 5.59. The maximum absolute atomic E-state index is 13.3. The van der Waals surface area contributed by atoms with Crippen LogP contribution in [-0.4, -0.2) is 48.1 Å². The number of benzene rings is 1. The molecule has 1 saturated carbocycles. The number of anilines is 1. The van der Waals surface area contributed by atoms with Crippen molar-refractivity contribution in [3.8, 4) is 0 Å². The zero-order valence-electron chi connectivity index (χ0n) is 21.2. The third-order valence-electron chi connectivity index (χ3n) is 7.46. The summed E-state index contributed by atoms with van der Waals surface area (Å²) < 4.78 is 7.03. The molecule has 1 aliphatic carbocycles. The Hall–Kier alpha value is -2.77. The fraction of sp³-hybridized carbons (Fsp3) is 0.481. The normalized spacial score (nSPS) is 18.3. The first kappa shape index (κ1) is 25.3. The van der Waals surface area contributed by atoms with Crippen LogP contribution in [0.5, 0.6) is 0 Å². The van der Waals surface area contributed by atoms with E-state index in [-0.39, 0.29) is 17.9 Å². The van der Waals surface area contributed by atoms with Gasteiger partial charge in [-0.05, 0) is 78.2 Å². The third-order valence-corrected chi connectivity index (χ3v) is 7.68. The van der Waals surface area contributed by atoms with Crippen molar-refractivity contribution in [2.75, 3.05) is 25.5 Å². The topological polar surface area (TPSA) is 70.2 Å². The molecule has 0 spiro atoms. The Morgan fingerprint density at radius 1 is 1.14 bits per heavy atom. The van der Waals surface area contributed by atoms with Gasteiger partial charge in [-0.1, -0.05) is 11.6 Å². The molecular weight excluding hydrogens is 464 g/mol. The lowest BCUT2D eigenvalue weighted by Gasteiger charge is -2.40. The molecule has 7 nitrogen and oxygen atoms in total. The highest BCUT2D eigenvalue weighted by molar-refractivity contribution is 6.31. The number of pyridine rings is 1. The number of fused-ring (bicyclic) bond motifs is 1. The minimum atomic E-state index is -0.248. The van der Waals surface area contributed by atoms with Crippen LogP contribution in [0.3, 0.4) is 0 Å². The number of halogens is 1. The number of hydrogen-bond acceptors (Lipinski definition) is 5. The maximum Gasteiger partial charge on any atom is 0.251 e. The quantitative estimate of drug-likeness (QED) is 0.507. The first-order valence-electron chi connectivity index (χ1n) is 12.3. The molecule has 0 atom stereocenters. The zero-order valence-corrected chi connectivity index (χ0v) is 22.0. The molecule has 0 bridgehead atoms. The molecule has 2 heterocycles. The highest BCUT2D eigenvalue weighted by Crippen LogP contribution is 2.34. The van der Waals surface area contributed by atoms with Crippen molar-refractivity contribution in [3.05, 3.63) is 68.2 Å². The summed E-state index contributed by atoms with van der Waals surface area (Å²) in [5, 5.41) is 3.46. The molecule has 1 aromatic carbocycles. The summed E-state index contributed by atoms with van der Waals surface area (Å²) >= 11 is 6.51. The molecule has 188 valence electrons. The number of carbonyl (C=O) groups is 1. The van der Waals surface area contributed by atoms with E-state index < -0.39 is 0 Å². The molecule has 1 fully saturated rings. The van der Waals surface area contributed by atoms with Crippen LogP contribution < -0.4 is 15.6 Å². The van der Waals surface area contributed by atoms with Crippen molar-refractivity contribution < 1.29 is 9.32 Å². The second-order valence-electron chi connectivity index (χ2n) is 9.69. The molecule has 3 aromatic rings. The molecule has 0 aliphatic heterocycles. The van der Waals surface area contributed by atoms with Crippen molar-refractivity contribution in [1.82, 2.24) is 14.8 Å². The molecule has 8 heteroatoms. The van der Waals surface area contributed by atoms with Crippen LogP contribution in [0.25, 0.3) is 5.52 Å². The van der Waals surface area contributed by atoms with E-state index in [2.05, 4.69) is 36.1 Å². The van der Waals surface area contributed by atoms with E-state index in [1.54, 1.807) is 16.7 Å². The van der Waals surface area contributed by atoms with Crippen LogP contribution in [0.4, 0.5) is 5.69 Å². The highest BCUT2D eigenvalue weighted by atomic mass is 35.5. The van der Waals surface area contributed by atoms with Crippen LogP contribution in [-0.2, 0) is 6.54 Å². The van der Waals surface area contributed by atoms with Gasteiger partial charge in [0.1, 0.15) is 6.26 Å². The van der Waals surface area contributed by atoms with Crippen molar-refractivity contribution in [2.45, 2.75) is 65.1 Å². The summed E-state index contributed by atoms with van der Waals surface area (Å²) in [6.07, 6.45) is 6.09. The van der Waals surface area contributed by atoms with Gasteiger partial charge in [-0.3, -0.25) is 9.59 Å². The maximum atomic E-state index is 13.3. The van der Waals surface area contributed by atoms with E-state index in [0.717, 1.165) is 43.5 Å². The Bertz CT molecular complexity index is 1270. The summed E-state index contributed by atoms with van der Waals surface area (Å²) in [7, 11) is 4.30. The van der Waals surface area contributed by atoms with Gasteiger partial charge in [0.15, 0.2) is 5.43 Å². The standard InChI is InChI=1S/C27H35ClN4O3/c1-6-31(21-9-7-20(8-10-21)30(4)5)25-14-19(28)13-23(17(25)2)27(34)29-16-24-18(3)32-22(11-12-35-32)15-26(24)33/h11-15,20-21H,6-10,16H2,1-5H3,(H,29,34). The number of amides is 1. The molecule has 0 unspecified atom stereocenters. The van der Waals surface area contributed by atoms with Crippen LogP contribution in [0, 0.1) is 13.8 Å². The Morgan fingerprint density at radius 2 is 1.83 bits per heavy atom. The number of aromatic nitrogens is 1. The van der Waals surface area contributed by atoms with Crippen molar-refractivity contribution in [1.29, 1.82) is 0 Å². The molecule has 1 N–H and O–H groups in total. The van der Waals surface area contributed by atoms with E-state index >= 15 is 0 Å². The second kappa shape index (κ2) is 10.5. The zero-order chi connectivity index (χ0) is 25.3. The van der Waals surface area contributed by atoms with Crippen molar-refractivity contribution in [2.24, 2.45) is 0 Å². The highest BCUT2D eigenvalue weighted by Gasteiger charge is 2.28. The second-order valence-corrected chi connectivity index (χ2v) is 10.1. The number of aryl methyl sites for hydroxylation is 1. The Labute approximate surface area is 211 Å². The smallest absolute Gasteiger partial charge is 0.251 e. The number of carbonyl (C=O) groups excluding carboxylic acids is 1. The summed E-state index contributed by atoms with van der Waals surface area (Å²) in [4.78, 5) is 30.6. The first-order valence-corrected chi connectivity index (χ1v) is 12.7. The summed E-state index contributed by atoms with van der Waals surface area (Å²) in [5.41, 5.74) is 4.18. The number of hydrogen-bond donors (Lipinski definition) is 1. The van der Waals surface area contributed by atoms with Gasteiger partial charge in [-0.15, -0.1) is 0 Å². The third kappa shape index (κ3) is 5.11. The largest absolute Gasteiger partial charge is 0.383 e. The van der Waals surface area contributed by atoms with Crippen LogP contribution >= 0.6 is 11.6 Å². The predicted octanol–water partition coefficient (Wildman–Crippen LogP) is 4.79. The van der Waals surface area contributed by atoms with Crippen LogP contribution in [0.2, 0.25) is 5.02 Å². The van der Waals surface area contributed by atoms with E-state index in [1.807, 2.05) is 19.9 Å². The minimum absolute atomic E-state index is 0.112. The fourth-order valence-electron chi connectivity index (χ4n) is 5.38. The van der Waals surface area contributed by atoms with E-state index in [0.29, 0.717) is 39.4 Å². The molecule has 35 heavy (non-hydrogen) atoms. The van der Waals surface area contributed by atoms with Gasteiger partial charge in [-0.25, -0.2) is 0 Å². The Balaban J connectivity index is 1.55. The van der Waals surface area contributed by atoms with Gasteiger partial charge in [0.2, 0.25) is 0 Å². The van der Waals surface area contributed by atoms with Gasteiger partial charge in [0.25, 0.3) is 5.91 Å². The first-order chi connectivity index (χ1) is 16.7. The van der Waals surface area contributed by atoms with E-state index in [9.17, 15) is 9.59 Å². The van der Waals surface area contributed by atoms with Gasteiger partial charge >= 0.3 is 0 Å². The molecule has 4 rings (SSSR count). The average Bonchev–Trinajstić information content (AvgIpc) is 3.30. The number of nitrogens with one attached hydrogen (secondary N) is 1.